The summed E-state index contributed by atoms with van der Waals surface area (Å²) in [7, 11) is -3.52. The Morgan fingerprint density at radius 2 is 2.11 bits per heavy atom. The zero-order chi connectivity index (χ0) is 14.5. The van der Waals surface area contributed by atoms with Gasteiger partial charge in [-0.15, -0.1) is 0 Å². The number of furan rings is 1. The third-order valence-electron chi connectivity index (χ3n) is 3.01. The fourth-order valence-electron chi connectivity index (χ4n) is 1.98. The Kier molecular flexibility index (Phi) is 6.03. The van der Waals surface area contributed by atoms with Crippen LogP contribution in [0.4, 0.5) is 0 Å². The third-order valence-corrected chi connectivity index (χ3v) is 4.71. The number of sulfonamides is 1. The van der Waals surface area contributed by atoms with Gasteiger partial charge in [-0.2, -0.15) is 0 Å². The van der Waals surface area contributed by atoms with E-state index in [1.54, 1.807) is 6.92 Å². The molecule has 0 aliphatic rings. The lowest BCUT2D eigenvalue weighted by molar-refractivity contribution is 0.477. The highest BCUT2D eigenvalue weighted by Crippen LogP contribution is 2.20. The highest BCUT2D eigenvalue weighted by atomic mass is 32.2. The minimum Gasteiger partial charge on any atom is -0.464 e. The number of rotatable bonds is 8. The molecule has 1 rings (SSSR count). The molecule has 0 aromatic carbocycles. The van der Waals surface area contributed by atoms with Gasteiger partial charge in [0.05, 0.1) is 6.54 Å². The van der Waals surface area contributed by atoms with Gasteiger partial charge in [-0.1, -0.05) is 26.2 Å². The monoisotopic (exact) mass is 288 g/mol. The Labute approximate surface area is 115 Å². The van der Waals surface area contributed by atoms with Crippen LogP contribution in [0.15, 0.2) is 15.4 Å². The molecule has 0 spiro atoms. The van der Waals surface area contributed by atoms with E-state index in [4.69, 9.17) is 10.2 Å². The molecule has 19 heavy (non-hydrogen) atoms. The van der Waals surface area contributed by atoms with Crippen LogP contribution in [-0.4, -0.2) is 14.5 Å². The molecule has 0 aliphatic carbocycles. The molecule has 1 unspecified atom stereocenters. The van der Waals surface area contributed by atoms with E-state index < -0.39 is 10.0 Å². The zero-order valence-corrected chi connectivity index (χ0v) is 12.7. The molecule has 1 aromatic rings. The highest BCUT2D eigenvalue weighted by molar-refractivity contribution is 7.89. The molecule has 0 radical (unpaired) electrons. The number of unbranched alkanes of at least 4 members (excludes halogenated alkanes) is 2. The first-order valence-corrected chi connectivity index (χ1v) is 8.20. The van der Waals surface area contributed by atoms with E-state index in [1.165, 1.54) is 6.07 Å². The van der Waals surface area contributed by atoms with Gasteiger partial charge in [-0.05, 0) is 20.3 Å². The molecule has 6 heteroatoms. The van der Waals surface area contributed by atoms with Crippen molar-refractivity contribution in [2.75, 3.05) is 0 Å². The minimum atomic E-state index is -3.52. The Hall–Kier alpha value is -0.850. The van der Waals surface area contributed by atoms with Gasteiger partial charge in [0.15, 0.2) is 0 Å². The molecule has 0 saturated heterocycles. The van der Waals surface area contributed by atoms with Gasteiger partial charge in [0, 0.05) is 12.1 Å². The van der Waals surface area contributed by atoms with Crippen LogP contribution in [0.5, 0.6) is 0 Å². The average Bonchev–Trinajstić information content (AvgIpc) is 2.71. The predicted molar refractivity (Wildman–Crippen MR) is 75.3 cm³/mol. The van der Waals surface area contributed by atoms with E-state index in [-0.39, 0.29) is 17.5 Å². The third kappa shape index (κ3) is 4.63. The lowest BCUT2D eigenvalue weighted by Crippen LogP contribution is -2.32. The standard InChI is InChI=1S/C13H24N2O3S/c1-4-5-6-7-10(2)15-19(16,17)13-8-12(9-14)18-11(13)3/h8,10,15H,4-7,9,14H2,1-3H3. The van der Waals surface area contributed by atoms with Crippen molar-refractivity contribution >= 4 is 10.0 Å². The van der Waals surface area contributed by atoms with Crippen molar-refractivity contribution in [1.82, 2.24) is 4.72 Å². The van der Waals surface area contributed by atoms with Crippen LogP contribution < -0.4 is 10.5 Å². The second-order valence-electron chi connectivity index (χ2n) is 4.86. The van der Waals surface area contributed by atoms with E-state index >= 15 is 0 Å². The predicted octanol–water partition coefficient (Wildman–Crippen LogP) is 2.29. The van der Waals surface area contributed by atoms with Crippen molar-refractivity contribution in [3.05, 3.63) is 17.6 Å². The minimum absolute atomic E-state index is 0.0767. The molecule has 1 heterocycles. The first-order chi connectivity index (χ1) is 8.90. The van der Waals surface area contributed by atoms with Crippen LogP contribution in [0.25, 0.3) is 0 Å². The topological polar surface area (TPSA) is 85.3 Å². The van der Waals surface area contributed by atoms with Crippen molar-refractivity contribution in [2.45, 2.75) is 63.9 Å². The quantitative estimate of drug-likeness (QED) is 0.719. The van der Waals surface area contributed by atoms with Gasteiger partial charge in [0.1, 0.15) is 16.4 Å². The summed E-state index contributed by atoms with van der Waals surface area (Å²) < 4.78 is 32.4. The second kappa shape index (κ2) is 7.07. The average molecular weight is 288 g/mol. The maximum Gasteiger partial charge on any atom is 0.244 e. The molecule has 3 N–H and O–H groups in total. The summed E-state index contributed by atoms with van der Waals surface area (Å²) >= 11 is 0. The number of hydrogen-bond acceptors (Lipinski definition) is 4. The zero-order valence-electron chi connectivity index (χ0n) is 11.9. The molecule has 0 bridgehead atoms. The molecule has 1 atom stereocenters. The number of hydrogen-bond donors (Lipinski definition) is 2. The summed E-state index contributed by atoms with van der Waals surface area (Å²) in [6, 6.07) is 1.42. The molecular weight excluding hydrogens is 264 g/mol. The van der Waals surface area contributed by atoms with Gasteiger partial charge >= 0.3 is 0 Å². The van der Waals surface area contributed by atoms with Crippen molar-refractivity contribution < 1.29 is 12.8 Å². The van der Waals surface area contributed by atoms with Crippen LogP contribution in [0, 0.1) is 6.92 Å². The van der Waals surface area contributed by atoms with Crippen molar-refractivity contribution in [2.24, 2.45) is 5.73 Å². The fraction of sp³-hybridized carbons (Fsp3) is 0.692. The van der Waals surface area contributed by atoms with Crippen LogP contribution in [0.1, 0.15) is 51.1 Å². The van der Waals surface area contributed by atoms with Crippen LogP contribution in [0.2, 0.25) is 0 Å². The van der Waals surface area contributed by atoms with Gasteiger partial charge in [0.25, 0.3) is 0 Å². The summed E-state index contributed by atoms with van der Waals surface area (Å²) in [4.78, 5) is 0.190. The summed E-state index contributed by atoms with van der Waals surface area (Å²) in [5.41, 5.74) is 5.45. The molecule has 110 valence electrons. The van der Waals surface area contributed by atoms with Gasteiger partial charge < -0.3 is 10.2 Å². The molecule has 0 fully saturated rings. The fourth-order valence-corrected chi connectivity index (χ4v) is 3.46. The van der Waals surface area contributed by atoms with E-state index in [0.29, 0.717) is 11.5 Å². The lowest BCUT2D eigenvalue weighted by Gasteiger charge is -2.13. The maximum atomic E-state index is 12.2. The van der Waals surface area contributed by atoms with Crippen LogP contribution >= 0.6 is 0 Å². The Balaban J connectivity index is 2.72. The highest BCUT2D eigenvalue weighted by Gasteiger charge is 2.22. The molecule has 0 saturated carbocycles. The van der Waals surface area contributed by atoms with Crippen molar-refractivity contribution in [3.63, 3.8) is 0 Å². The Bertz CT molecular complexity index is 494. The first-order valence-electron chi connectivity index (χ1n) is 6.72. The van der Waals surface area contributed by atoms with Crippen molar-refractivity contribution in [3.8, 4) is 0 Å². The molecule has 5 nitrogen and oxygen atoms in total. The van der Waals surface area contributed by atoms with Crippen LogP contribution in [0.3, 0.4) is 0 Å². The maximum absolute atomic E-state index is 12.2. The van der Waals surface area contributed by atoms with E-state index in [2.05, 4.69) is 11.6 Å². The smallest absolute Gasteiger partial charge is 0.244 e. The SMILES string of the molecule is CCCCCC(C)NS(=O)(=O)c1cc(CN)oc1C. The number of aryl methyl sites for hydroxylation is 1. The largest absolute Gasteiger partial charge is 0.464 e. The first kappa shape index (κ1) is 16.2. The van der Waals surface area contributed by atoms with Gasteiger partial charge in [-0.3, -0.25) is 0 Å². The number of nitrogens with two attached hydrogens (primary N) is 1. The normalized spacial score (nSPS) is 13.7. The molecule has 0 aliphatic heterocycles. The summed E-state index contributed by atoms with van der Waals surface area (Å²) in [6.07, 6.45) is 4.11. The molecule has 1 aromatic heterocycles. The second-order valence-corrected chi connectivity index (χ2v) is 6.54. The van der Waals surface area contributed by atoms with E-state index in [0.717, 1.165) is 25.7 Å². The Morgan fingerprint density at radius 1 is 1.42 bits per heavy atom. The number of nitrogens with one attached hydrogen (secondary N) is 1. The summed E-state index contributed by atoms with van der Waals surface area (Å²) in [6.45, 7) is 5.84. The molecular formula is C13H24N2O3S. The lowest BCUT2D eigenvalue weighted by atomic mass is 10.1. The van der Waals surface area contributed by atoms with E-state index in [1.807, 2.05) is 6.92 Å². The summed E-state index contributed by atoms with van der Waals surface area (Å²) in [5, 5.41) is 0. The van der Waals surface area contributed by atoms with E-state index in [9.17, 15) is 8.42 Å². The van der Waals surface area contributed by atoms with Crippen LogP contribution in [-0.2, 0) is 16.6 Å². The summed E-state index contributed by atoms with van der Waals surface area (Å²) in [5.74, 6) is 0.866. The Morgan fingerprint density at radius 3 is 2.63 bits per heavy atom. The van der Waals surface area contributed by atoms with Gasteiger partial charge in [0.2, 0.25) is 10.0 Å². The van der Waals surface area contributed by atoms with Gasteiger partial charge in [-0.25, -0.2) is 13.1 Å². The molecule has 0 amide bonds. The van der Waals surface area contributed by atoms with Crippen molar-refractivity contribution in [1.29, 1.82) is 0 Å².